The summed E-state index contributed by atoms with van der Waals surface area (Å²) in [4.78, 5) is 126. The van der Waals surface area contributed by atoms with E-state index in [0.29, 0.717) is 84.0 Å². The lowest BCUT2D eigenvalue weighted by atomic mass is 9.96. The second-order valence-corrected chi connectivity index (χ2v) is 44.7. The highest BCUT2D eigenvalue weighted by atomic mass is 35.5. The molecule has 0 saturated carbocycles. The number of nitrogens with one attached hydrogen (secondary N) is 2. The molecule has 6 N–H and O–H groups in total. The van der Waals surface area contributed by atoms with Gasteiger partial charge in [-0.1, -0.05) is 70.1 Å². The van der Waals surface area contributed by atoms with E-state index >= 15 is 0 Å². The normalized spacial score (nSPS) is 18.8. The van der Waals surface area contributed by atoms with Gasteiger partial charge >= 0.3 is 0 Å². The second-order valence-electron chi connectivity index (χ2n) is 39.3. The van der Waals surface area contributed by atoms with E-state index in [1.807, 2.05) is 152 Å². The van der Waals surface area contributed by atoms with Crippen LogP contribution in [0.2, 0.25) is 25.1 Å². The Morgan fingerprint density at radius 3 is 0.993 bits per heavy atom. The monoisotopic (exact) mass is 2160 g/mol. The van der Waals surface area contributed by atoms with Crippen molar-refractivity contribution < 1.29 is 67.5 Å². The number of benzene rings is 6. The van der Waals surface area contributed by atoms with Crippen LogP contribution in [0, 0.1) is 0 Å². The minimum Gasteiger partial charge on any atom is -0.479 e. The predicted molar refractivity (Wildman–Crippen MR) is 585 cm³/mol. The molecule has 7 atom stereocenters. The Kier molecular flexibility index (Phi) is 30.5. The van der Waals surface area contributed by atoms with Crippen molar-refractivity contribution in [3.8, 4) is 84.4 Å². The number of nitrogens with two attached hydrogens (primary N) is 1. The molecule has 0 aliphatic carbocycles. The van der Waals surface area contributed by atoms with E-state index in [0.717, 1.165) is 288 Å². The van der Waals surface area contributed by atoms with Crippen molar-refractivity contribution in [1.82, 2.24) is 59.7 Å². The number of aliphatic hydroxyl groups excluding tert-OH is 2. The van der Waals surface area contributed by atoms with Crippen LogP contribution >= 0.6 is 92.0 Å². The number of likely N-dealkylation sites (tertiary alicyclic amines) is 5. The molecule has 19 heterocycles. The van der Waals surface area contributed by atoms with Crippen LogP contribution in [0.15, 0.2) is 171 Å². The minimum atomic E-state index is -0.560. The molecule has 7 unspecified atom stereocenters. The molecule has 25 rings (SSSR count). The Morgan fingerprint density at radius 2 is 0.651 bits per heavy atom. The van der Waals surface area contributed by atoms with Crippen molar-refractivity contribution in [3.05, 3.63) is 244 Å². The Morgan fingerprint density at radius 1 is 0.349 bits per heavy atom. The van der Waals surface area contributed by atoms with Gasteiger partial charge in [-0.05, 0) is 243 Å². The maximum atomic E-state index is 13.0. The summed E-state index contributed by atoms with van der Waals surface area (Å²) in [7, 11) is 1.61. The molecular weight excluding hydrogens is 2050 g/mol. The van der Waals surface area contributed by atoms with Crippen molar-refractivity contribution in [1.29, 1.82) is 0 Å². The van der Waals surface area contributed by atoms with Gasteiger partial charge in [-0.15, -0.1) is 34.0 Å². The Hall–Kier alpha value is -12.6. The third-order valence-electron chi connectivity index (χ3n) is 29.2. The largest absolute Gasteiger partial charge is 0.479 e. The number of carbonyl (C=O) groups is 7. The number of ether oxygens (including phenoxy) is 5. The molecule has 10 aliphatic rings. The van der Waals surface area contributed by atoms with Crippen molar-refractivity contribution in [3.63, 3.8) is 0 Å². The molecule has 27 nitrogen and oxygen atoms in total. The fraction of sp³-hybridized carbons (Fsp3) is 0.351. The van der Waals surface area contributed by atoms with E-state index < -0.39 is 48.6 Å². The van der Waals surface area contributed by atoms with Crippen LogP contribution in [0.4, 0.5) is 0 Å². The molecule has 10 aliphatic heterocycles. The Labute approximate surface area is 897 Å². The number of H-pyrrole nitrogens is 1. The number of rotatable bonds is 14. The zero-order valence-electron chi connectivity index (χ0n) is 82.4. The fourth-order valence-corrected chi connectivity index (χ4v) is 26.1. The first kappa shape index (κ1) is 102. The molecule has 7 amide bonds. The van der Waals surface area contributed by atoms with Crippen LogP contribution in [-0.2, 0) is 56.1 Å². The van der Waals surface area contributed by atoms with Gasteiger partial charge in [-0.3, -0.25) is 58.5 Å². The third-order valence-corrected chi connectivity index (χ3v) is 34.0. The number of carbonyl (C=O) groups excluding carboxylic acids is 7. The van der Waals surface area contributed by atoms with Gasteiger partial charge in [0.1, 0.15) is 28.7 Å². The van der Waals surface area contributed by atoms with Crippen LogP contribution in [0.5, 0.6) is 28.7 Å². The molecule has 35 heteroatoms. The molecule has 0 spiro atoms. The smallest absolute Gasteiger partial charge is 0.263 e. The number of fused-ring (bicyclic) bond motifs is 10. The highest BCUT2D eigenvalue weighted by Gasteiger charge is 2.43. The SMILES string of the molecule is CC(O)c1cc2nccc(-c3cc(Cl)cc4c3OC(C(=O)N3CCCCC3)C4)c2s1.CC(O)c1ccc2c(-c3cc(Cl)cc4c3OC(C(=O)N3CCCCC3)C4)ccnc2c1.CNC(=O)c1cc2nccc(-c3cc(Cl)cc4c3OC(C(=O)N3CCCCC3)C4)c2s1.NC(=O)c1cc2nccc(-c3cc(Cl)cc4c3OC(C(=O)N3CCCCC3)C4)c2s1.O=C(C1Cc2cc(Cl)cc(-c3ccnc4cc[nH]c34)c2O1)N1CCCCC1. The Balaban J connectivity index is 0.000000109. The average molecular weight is 2160 g/mol. The summed E-state index contributed by atoms with van der Waals surface area (Å²) < 4.78 is 33.9. The number of nitrogens with zero attached hydrogens (tertiary/aromatic N) is 10. The summed E-state index contributed by atoms with van der Waals surface area (Å²) >= 11 is 36.4. The second kappa shape index (κ2) is 44.5. The molecule has 5 fully saturated rings. The van der Waals surface area contributed by atoms with Crippen molar-refractivity contribution in [2.75, 3.05) is 72.5 Å². The first-order valence-corrected chi connectivity index (χ1v) is 55.4. The maximum absolute atomic E-state index is 13.0. The molecule has 9 aromatic heterocycles. The van der Waals surface area contributed by atoms with Gasteiger partial charge in [0.05, 0.1) is 69.2 Å². The van der Waals surface area contributed by atoms with E-state index in [9.17, 15) is 43.8 Å². The summed E-state index contributed by atoms with van der Waals surface area (Å²) in [5.41, 5.74) is 24.9. The first-order chi connectivity index (χ1) is 72.3. The van der Waals surface area contributed by atoms with E-state index in [2.05, 4.69) is 35.2 Å². The molecule has 6 aromatic carbocycles. The predicted octanol–water partition coefficient (Wildman–Crippen LogP) is 22.4. The van der Waals surface area contributed by atoms with E-state index in [1.165, 1.54) is 66.1 Å². The van der Waals surface area contributed by atoms with Crippen LogP contribution < -0.4 is 34.7 Å². The van der Waals surface area contributed by atoms with Gasteiger partial charge in [-0.25, -0.2) is 0 Å². The number of aromatic amines is 1. The fourth-order valence-electron chi connectivity index (χ4n) is 21.8. The van der Waals surface area contributed by atoms with Crippen LogP contribution in [-0.4, -0.2) is 209 Å². The number of aromatic nitrogens is 6. The molecular formula is C114H110Cl5N13O14S3. The number of amides is 7. The molecule has 149 heavy (non-hydrogen) atoms. The number of hydrogen-bond acceptors (Lipinski definition) is 22. The molecule has 0 bridgehead atoms. The quantitative estimate of drug-likeness (QED) is 0.0675. The number of thiophene rings is 3. The Bertz CT molecular complexity index is 7730. The van der Waals surface area contributed by atoms with E-state index in [1.54, 1.807) is 64.0 Å². The summed E-state index contributed by atoms with van der Waals surface area (Å²) in [6.07, 6.45) is 26.1. The molecule has 0 radical (unpaired) electrons. The number of hydrogen-bond donors (Lipinski definition) is 5. The highest BCUT2D eigenvalue weighted by molar-refractivity contribution is 7.22. The van der Waals surface area contributed by atoms with Crippen LogP contribution in [0.1, 0.15) is 180 Å². The zero-order chi connectivity index (χ0) is 103. The number of primary amides is 1. The van der Waals surface area contributed by atoms with Gasteiger partial charge in [0.15, 0.2) is 30.5 Å². The van der Waals surface area contributed by atoms with Crippen LogP contribution in [0.25, 0.3) is 108 Å². The highest BCUT2D eigenvalue weighted by Crippen LogP contribution is 2.52. The van der Waals surface area contributed by atoms with Gasteiger partial charge in [0, 0.05) is 255 Å². The summed E-state index contributed by atoms with van der Waals surface area (Å²) in [5, 5.41) is 26.6. The minimum absolute atomic E-state index is 0.0417. The standard InChI is InChI=1S/C25H25ClN2O3.C23H22ClN3O3S.C23H23ClN2O3S.C22H20ClN3O3S.C21H20ClN3O2/c1-15(29)16-5-6-20-19(7-8-27-22(20)12-16)21-14-18(26)11-17-13-23(31-24(17)21)25(30)28-9-3-2-4-10-28;1-25-22(28)19-12-17-21(31-19)15(5-6-26-17)16-11-14(24)9-13-10-18(30-20(13)16)23(29)27-7-3-2-4-8-27;1-13(27)20-12-18-22(30-20)16(5-6-25-18)17-11-15(24)9-14-10-19(29-21(14)17)23(28)26-7-3-2-4-8-26;23-13-8-12-9-17(22(28)26-6-2-1-3-7-26)29-19(12)15(10-13)14-4-5-25-16-11-18(21(24)27)30-20(14)16;22-14-10-13-11-18(21(26)25-8-2-1-3-9-25)27-20(13)16(12-14)15-4-6-23-17-5-7-24-19(15)17/h5-8,11-12,14-15,23,29H,2-4,9-10,13H2,1H3;5-6,9,11-12,18H,2-4,7-8,10H2,1H3,(H,25,28);5-6,9,11-13,19,27H,2-4,7-8,10H2,1H3;4-5,8,10-11,17H,1-3,6-7,9H2,(H2,24,27);4-7,10,12,18,24H,1-3,8-9,11H2. The number of halogens is 5. The first-order valence-electron chi connectivity index (χ1n) is 51.0. The zero-order valence-corrected chi connectivity index (χ0v) is 88.6. The maximum Gasteiger partial charge on any atom is 0.263 e. The average Bonchev–Trinajstić information content (AvgIpc) is 1.61. The lowest BCUT2D eigenvalue weighted by Gasteiger charge is -2.28. The van der Waals surface area contributed by atoms with Gasteiger partial charge in [0.25, 0.3) is 41.4 Å². The van der Waals surface area contributed by atoms with Crippen molar-refractivity contribution in [2.45, 2.75) is 185 Å². The molecule has 15 aromatic rings. The summed E-state index contributed by atoms with van der Waals surface area (Å²) in [6.45, 7) is 11.6. The third kappa shape index (κ3) is 21.6. The lowest BCUT2D eigenvalue weighted by Crippen LogP contribution is -2.43. The van der Waals surface area contributed by atoms with Gasteiger partial charge in [0.2, 0.25) is 0 Å². The number of pyridine rings is 5. The summed E-state index contributed by atoms with van der Waals surface area (Å²) in [5.74, 6) is 3.29. The van der Waals surface area contributed by atoms with Gasteiger partial charge in [-0.2, -0.15) is 0 Å². The lowest BCUT2D eigenvalue weighted by molar-refractivity contribution is -0.139. The number of aliphatic hydroxyl groups is 2. The summed E-state index contributed by atoms with van der Waals surface area (Å²) in [6, 6.07) is 41.6. The topological polar surface area (TPSA) is 341 Å². The van der Waals surface area contributed by atoms with Gasteiger partial charge < -0.3 is 74.4 Å². The van der Waals surface area contributed by atoms with E-state index in [4.69, 9.17) is 87.4 Å². The van der Waals surface area contributed by atoms with Crippen molar-refractivity contribution >= 4 is 186 Å². The molecule has 5 saturated heterocycles. The number of piperidine rings is 5. The van der Waals surface area contributed by atoms with Crippen molar-refractivity contribution in [2.24, 2.45) is 5.73 Å². The molecule has 768 valence electrons. The van der Waals surface area contributed by atoms with Crippen LogP contribution in [0.3, 0.4) is 0 Å². The van der Waals surface area contributed by atoms with E-state index in [-0.39, 0.29) is 35.4 Å².